The molecule has 5 heteroatoms. The van der Waals surface area contributed by atoms with E-state index in [2.05, 4.69) is 9.72 Å². The van der Waals surface area contributed by atoms with Crippen LogP contribution >= 0.6 is 0 Å². The number of pyridine rings is 1. The van der Waals surface area contributed by atoms with Crippen LogP contribution in [0.15, 0.2) is 18.3 Å². The summed E-state index contributed by atoms with van der Waals surface area (Å²) >= 11 is 0. The Morgan fingerprint density at radius 1 is 1.83 bits per heavy atom. The lowest BCUT2D eigenvalue weighted by Gasteiger charge is -2.03. The van der Waals surface area contributed by atoms with Gasteiger partial charge in [-0.1, -0.05) is 0 Å². The van der Waals surface area contributed by atoms with Crippen molar-refractivity contribution in [3.8, 4) is 5.88 Å². The van der Waals surface area contributed by atoms with Crippen molar-refractivity contribution in [1.29, 1.82) is 0 Å². The van der Waals surface area contributed by atoms with Gasteiger partial charge in [-0.05, 0) is 18.4 Å². The molecule has 0 aliphatic rings. The fourth-order valence-corrected chi connectivity index (χ4v) is 0.693. The highest BCUT2D eigenvalue weighted by atomic mass is 16.5. The third kappa shape index (κ3) is 2.22. The molecule has 0 aromatic carbocycles. The van der Waals surface area contributed by atoms with Gasteiger partial charge in [0.2, 0.25) is 5.88 Å². The highest BCUT2D eigenvalue weighted by Crippen LogP contribution is 2.01. The van der Waals surface area contributed by atoms with Crippen molar-refractivity contribution < 1.29 is 21.6 Å². The van der Waals surface area contributed by atoms with Crippen LogP contribution in [0, 0.1) is 0 Å². The first kappa shape index (κ1) is 4.25. The van der Waals surface area contributed by atoms with Gasteiger partial charge in [0.15, 0.2) is 0 Å². The third-order valence-corrected chi connectivity index (χ3v) is 1.21. The molecule has 0 aliphatic carbocycles. The first-order valence-corrected chi connectivity index (χ1v) is 3.14. The average molecular weight is 172 g/mol. The fraction of sp³-hybridized carbons (Fsp3) is 0.286. The number of rotatable bonds is 3. The summed E-state index contributed by atoms with van der Waals surface area (Å²) < 4.78 is 39.8. The number of hydrogen-bond donors (Lipinski definition) is 2. The van der Waals surface area contributed by atoms with E-state index in [0.29, 0.717) is 0 Å². The van der Waals surface area contributed by atoms with Crippen molar-refractivity contribution in [3.05, 3.63) is 18.3 Å². The largest absolute Gasteiger partial charge is 0.488 e. The molecular weight excluding hydrogens is 157 g/mol. The van der Waals surface area contributed by atoms with E-state index in [9.17, 15) is 0 Å². The van der Waals surface area contributed by atoms with Gasteiger partial charge in [-0.2, -0.15) is 0 Å². The van der Waals surface area contributed by atoms with E-state index in [1.807, 2.05) is 0 Å². The Kier molecular flexibility index (Phi) is 1.45. The highest BCUT2D eigenvalue weighted by Gasteiger charge is 2.11. The summed E-state index contributed by atoms with van der Waals surface area (Å²) in [7, 11) is -1.76. The van der Waals surface area contributed by atoms with Crippen molar-refractivity contribution in [2.24, 2.45) is 0 Å². The summed E-state index contributed by atoms with van der Waals surface area (Å²) in [4.78, 5) is 3.59. The van der Waals surface area contributed by atoms with E-state index in [4.69, 9.17) is 16.9 Å². The third-order valence-electron chi connectivity index (χ3n) is 1.21. The van der Waals surface area contributed by atoms with Crippen LogP contribution in [0.25, 0.3) is 0 Å². The van der Waals surface area contributed by atoms with Crippen LogP contribution in [0.5, 0.6) is 5.88 Å². The SMILES string of the molecule is [2H]C([2H])([2H])C([2H])([2H])Oc1cc(B(O)O)ccn1. The van der Waals surface area contributed by atoms with Crippen molar-refractivity contribution in [2.45, 2.75) is 6.85 Å². The van der Waals surface area contributed by atoms with E-state index in [1.165, 1.54) is 6.07 Å². The zero-order chi connectivity index (χ0) is 13.3. The summed E-state index contributed by atoms with van der Waals surface area (Å²) in [5.74, 6) is -0.336. The summed E-state index contributed by atoms with van der Waals surface area (Å²) in [5.41, 5.74) is 0.0244. The molecule has 1 heterocycles. The average Bonchev–Trinajstić information content (AvgIpc) is 2.15. The molecule has 64 valence electrons. The molecule has 0 saturated heterocycles. The van der Waals surface area contributed by atoms with E-state index in [-0.39, 0.29) is 11.3 Å². The summed E-state index contributed by atoms with van der Waals surface area (Å²) in [5, 5.41) is 17.7. The zero-order valence-corrected chi connectivity index (χ0v) is 6.06. The monoisotopic (exact) mass is 172 g/mol. The topological polar surface area (TPSA) is 62.6 Å². The first-order chi connectivity index (χ1) is 7.63. The first-order valence-electron chi connectivity index (χ1n) is 5.64. The molecule has 0 spiro atoms. The highest BCUT2D eigenvalue weighted by molar-refractivity contribution is 6.58. The second kappa shape index (κ2) is 4.08. The van der Waals surface area contributed by atoms with Gasteiger partial charge in [0.1, 0.15) is 0 Å². The summed E-state index contributed by atoms with van der Waals surface area (Å²) in [6.07, 6.45) is 1.15. The van der Waals surface area contributed by atoms with Gasteiger partial charge >= 0.3 is 7.12 Å². The molecule has 1 aromatic rings. The fourth-order valence-electron chi connectivity index (χ4n) is 0.693. The minimum Gasteiger partial charge on any atom is -0.478 e. The Morgan fingerprint density at radius 2 is 2.67 bits per heavy atom. The smallest absolute Gasteiger partial charge is 0.478 e. The maximum atomic E-state index is 8.87. The van der Waals surface area contributed by atoms with Gasteiger partial charge in [-0.3, -0.25) is 0 Å². The van der Waals surface area contributed by atoms with Crippen LogP contribution in [-0.4, -0.2) is 28.7 Å². The van der Waals surface area contributed by atoms with Crippen molar-refractivity contribution in [1.82, 2.24) is 4.98 Å². The van der Waals surface area contributed by atoms with Gasteiger partial charge in [0, 0.05) is 16.4 Å². The van der Waals surface area contributed by atoms with Gasteiger partial charge in [-0.15, -0.1) is 0 Å². The van der Waals surface area contributed by atoms with Crippen LogP contribution in [0.1, 0.15) is 13.7 Å². The normalized spacial score (nSPS) is 18.0. The molecule has 1 aromatic heterocycles. The molecule has 1 rings (SSSR count). The minimum absolute atomic E-state index is 0.0244. The van der Waals surface area contributed by atoms with E-state index in [1.54, 1.807) is 0 Å². The predicted molar refractivity (Wildman–Crippen MR) is 45.2 cm³/mol. The second-order valence-electron chi connectivity index (χ2n) is 2.01. The number of hydrogen-bond acceptors (Lipinski definition) is 4. The molecule has 2 N–H and O–H groups in total. The maximum Gasteiger partial charge on any atom is 0.488 e. The molecule has 12 heavy (non-hydrogen) atoms. The van der Waals surface area contributed by atoms with Gasteiger partial charge in [0.25, 0.3) is 0 Å². The van der Waals surface area contributed by atoms with E-state index < -0.39 is 20.5 Å². The van der Waals surface area contributed by atoms with Crippen LogP contribution in [0.2, 0.25) is 0 Å². The van der Waals surface area contributed by atoms with Crippen molar-refractivity contribution in [3.63, 3.8) is 0 Å². The lowest BCUT2D eigenvalue weighted by atomic mass is 9.81. The van der Waals surface area contributed by atoms with Crippen molar-refractivity contribution >= 4 is 12.6 Å². The van der Waals surface area contributed by atoms with Crippen LogP contribution in [-0.2, 0) is 0 Å². The Balaban J connectivity index is 2.92. The van der Waals surface area contributed by atoms with Crippen LogP contribution in [0.3, 0.4) is 0 Å². The van der Waals surface area contributed by atoms with E-state index in [0.717, 1.165) is 12.3 Å². The molecule has 0 saturated carbocycles. The lowest BCUT2D eigenvalue weighted by molar-refractivity contribution is 0.327. The number of ether oxygens (including phenoxy) is 1. The standard InChI is InChI=1S/C7H10BNO3/c1-2-12-7-5-6(8(10)11)3-4-9-7/h3-5,10-11H,2H2,1H3/i1D3,2D2. The van der Waals surface area contributed by atoms with Gasteiger partial charge < -0.3 is 14.8 Å². The molecule has 0 radical (unpaired) electrons. The Bertz CT molecular complexity index is 397. The minimum atomic E-state index is -2.97. The molecule has 0 fully saturated rings. The Hall–Kier alpha value is -1.07. The van der Waals surface area contributed by atoms with Crippen LogP contribution < -0.4 is 10.2 Å². The molecule has 0 unspecified atom stereocenters. The van der Waals surface area contributed by atoms with Crippen LogP contribution in [0.4, 0.5) is 0 Å². The van der Waals surface area contributed by atoms with Gasteiger partial charge in [-0.25, -0.2) is 4.98 Å². The van der Waals surface area contributed by atoms with Gasteiger partial charge in [0.05, 0.1) is 9.30 Å². The molecule has 0 bridgehead atoms. The number of aromatic nitrogens is 1. The lowest BCUT2D eigenvalue weighted by Crippen LogP contribution is -2.29. The predicted octanol–water partition coefficient (Wildman–Crippen LogP) is -0.840. The molecular formula is C7H10BNO3. The maximum absolute atomic E-state index is 8.87. The Labute approximate surface area is 78.0 Å². The second-order valence-corrected chi connectivity index (χ2v) is 2.01. The molecule has 0 atom stereocenters. The number of nitrogens with zero attached hydrogens (tertiary/aromatic N) is 1. The molecule has 4 nitrogen and oxygen atoms in total. The summed E-state index contributed by atoms with van der Waals surface area (Å²) in [6, 6.07) is 2.33. The Morgan fingerprint density at radius 3 is 3.33 bits per heavy atom. The molecule has 0 amide bonds. The zero-order valence-electron chi connectivity index (χ0n) is 11.1. The van der Waals surface area contributed by atoms with Crippen molar-refractivity contribution in [2.75, 3.05) is 6.56 Å². The quantitative estimate of drug-likeness (QED) is 0.583. The van der Waals surface area contributed by atoms with E-state index >= 15 is 0 Å². The summed E-state index contributed by atoms with van der Waals surface area (Å²) in [6.45, 7) is -5.87. The molecule has 0 aliphatic heterocycles.